The smallest absolute Gasteiger partial charge is 0.416 e. The van der Waals surface area contributed by atoms with Crippen LogP contribution >= 0.6 is 0 Å². The molecule has 3 saturated heterocycles. The van der Waals surface area contributed by atoms with E-state index in [0.29, 0.717) is 49.8 Å². The summed E-state index contributed by atoms with van der Waals surface area (Å²) >= 11 is 0. The minimum atomic E-state index is -4.58. The maximum atomic E-state index is 16.0. The molecule has 4 fully saturated rings. The number of hydrogen-bond acceptors (Lipinski definition) is 6. The molecule has 1 aliphatic carbocycles. The number of likely N-dealkylation sites (tertiary alicyclic amines) is 2. The predicted molar refractivity (Wildman–Crippen MR) is 166 cm³/mol. The van der Waals surface area contributed by atoms with Gasteiger partial charge in [0.25, 0.3) is 0 Å². The molecule has 3 unspecified atom stereocenters. The Balaban J connectivity index is 1.24. The Hall–Kier alpha value is -3.41. The Morgan fingerprint density at radius 3 is 2.28 bits per heavy atom. The summed E-state index contributed by atoms with van der Waals surface area (Å²) in [5, 5.41) is 11.0. The van der Waals surface area contributed by atoms with E-state index in [0.717, 1.165) is 42.8 Å². The molecule has 3 heterocycles. The number of amides is 1. The average molecular weight is 647 g/mol. The maximum Gasteiger partial charge on any atom is 0.416 e. The largest absolute Gasteiger partial charge is 0.497 e. The quantitative estimate of drug-likeness (QED) is 0.195. The number of hydrogen-bond donors (Lipinski definition) is 0. The first-order valence-corrected chi connectivity index (χ1v) is 16.4. The van der Waals surface area contributed by atoms with E-state index >= 15 is 4.39 Å². The highest BCUT2D eigenvalue weighted by atomic mass is 19.4. The van der Waals surface area contributed by atoms with Crippen LogP contribution in [0.15, 0.2) is 42.5 Å². The lowest BCUT2D eigenvalue weighted by Crippen LogP contribution is -2.39. The summed E-state index contributed by atoms with van der Waals surface area (Å²) in [5.41, 5.74) is 0.980. The van der Waals surface area contributed by atoms with Crippen LogP contribution in [0.4, 0.5) is 23.2 Å². The Labute approximate surface area is 266 Å². The number of benzene rings is 2. The second kappa shape index (κ2) is 13.4. The molecule has 12 heteroatoms. The Morgan fingerprint density at radius 1 is 0.957 bits per heavy atom. The van der Waals surface area contributed by atoms with E-state index in [-0.39, 0.29) is 48.2 Å². The SMILES string of the molecule is COc1ccc([C@@H]2CN(C3CCCC3)CC2C(=O)N2CC(F)C(c3ccc(C(F)(F)F)cc3N3CCC(C[N+](=O)[O-])CC3)C2)cc1. The zero-order valence-corrected chi connectivity index (χ0v) is 26.1. The monoisotopic (exact) mass is 646 g/mol. The molecular formula is C34H42F4N4O4. The second-order valence-corrected chi connectivity index (χ2v) is 13.5. The number of nitro groups is 1. The standard InChI is InChI=1S/C34H42F4N4O4/c1-46-26-9-6-23(7-10-26)28-18-40(25-4-2-3-5-25)20-30(28)33(43)41-19-29(31(35)21-41)27-11-8-24(34(36,37)38)16-32(27)39-14-12-22(13-15-39)17-42(44)45/h6-11,16,22,25,28-31H,2-5,12-15,17-21H2,1H3/t28-,29?,30?,31?/m0/s1. The number of carbonyl (C=O) groups excluding carboxylic acids is 1. The highest BCUT2D eigenvalue weighted by molar-refractivity contribution is 5.81. The summed E-state index contributed by atoms with van der Waals surface area (Å²) in [6.45, 7) is 1.85. The molecule has 0 aromatic heterocycles. The van der Waals surface area contributed by atoms with E-state index in [1.807, 2.05) is 24.3 Å². The van der Waals surface area contributed by atoms with Crippen LogP contribution in [0, 0.1) is 22.0 Å². The molecule has 250 valence electrons. The molecule has 8 nitrogen and oxygen atoms in total. The van der Waals surface area contributed by atoms with Gasteiger partial charge in [0, 0.05) is 67.1 Å². The van der Waals surface area contributed by atoms with Crippen molar-refractivity contribution in [1.82, 2.24) is 9.80 Å². The van der Waals surface area contributed by atoms with Gasteiger partial charge >= 0.3 is 6.18 Å². The lowest BCUT2D eigenvalue weighted by atomic mass is 9.88. The lowest BCUT2D eigenvalue weighted by Gasteiger charge is -2.35. The van der Waals surface area contributed by atoms with Crippen LogP contribution in [-0.4, -0.2) is 85.8 Å². The van der Waals surface area contributed by atoms with Gasteiger partial charge in [0.2, 0.25) is 12.5 Å². The molecule has 1 saturated carbocycles. The molecule has 1 amide bonds. The highest BCUT2D eigenvalue weighted by Gasteiger charge is 2.46. The summed E-state index contributed by atoms with van der Waals surface area (Å²) < 4.78 is 62.7. The third-order valence-electron chi connectivity index (χ3n) is 10.7. The van der Waals surface area contributed by atoms with Gasteiger partial charge in [0.05, 0.1) is 25.1 Å². The zero-order valence-electron chi connectivity index (χ0n) is 26.1. The first-order chi connectivity index (χ1) is 22.0. The molecule has 0 radical (unpaired) electrons. The van der Waals surface area contributed by atoms with E-state index < -0.39 is 23.8 Å². The van der Waals surface area contributed by atoms with Crippen LogP contribution in [-0.2, 0) is 11.0 Å². The number of ether oxygens (including phenoxy) is 1. The summed E-state index contributed by atoms with van der Waals surface area (Å²) in [5.74, 6) is -0.715. The fraction of sp³-hybridized carbons (Fsp3) is 0.618. The molecule has 2 aromatic carbocycles. The number of nitrogens with zero attached hydrogens (tertiary/aromatic N) is 4. The van der Waals surface area contributed by atoms with Gasteiger partial charge < -0.3 is 14.5 Å². The molecule has 6 rings (SSSR count). The molecular weight excluding hydrogens is 604 g/mol. The summed E-state index contributed by atoms with van der Waals surface area (Å²) in [6.07, 6.45) is -0.510. The number of piperidine rings is 1. The van der Waals surface area contributed by atoms with Crippen molar-refractivity contribution < 1.29 is 32.0 Å². The van der Waals surface area contributed by atoms with Crippen LogP contribution in [0.25, 0.3) is 0 Å². The van der Waals surface area contributed by atoms with Gasteiger partial charge in [0.15, 0.2) is 0 Å². The van der Waals surface area contributed by atoms with E-state index in [2.05, 4.69) is 4.90 Å². The van der Waals surface area contributed by atoms with Crippen LogP contribution < -0.4 is 9.64 Å². The first-order valence-electron chi connectivity index (χ1n) is 16.4. The third kappa shape index (κ3) is 6.82. The third-order valence-corrected chi connectivity index (χ3v) is 10.7. The molecule has 2 aromatic rings. The summed E-state index contributed by atoms with van der Waals surface area (Å²) in [4.78, 5) is 30.7. The molecule has 3 aliphatic heterocycles. The van der Waals surface area contributed by atoms with E-state index in [4.69, 9.17) is 4.74 Å². The molecule has 46 heavy (non-hydrogen) atoms. The second-order valence-electron chi connectivity index (χ2n) is 13.5. The van der Waals surface area contributed by atoms with Gasteiger partial charge in [-0.1, -0.05) is 31.0 Å². The van der Waals surface area contributed by atoms with Gasteiger partial charge in [0.1, 0.15) is 11.9 Å². The predicted octanol–water partition coefficient (Wildman–Crippen LogP) is 6.13. The van der Waals surface area contributed by atoms with Crippen LogP contribution in [0.1, 0.15) is 67.1 Å². The Bertz CT molecular complexity index is 1390. The van der Waals surface area contributed by atoms with E-state index in [1.165, 1.54) is 18.9 Å². The molecule has 0 spiro atoms. The molecule has 4 atom stereocenters. The van der Waals surface area contributed by atoms with Crippen LogP contribution in [0.3, 0.4) is 0 Å². The average Bonchev–Trinajstić information content (AvgIpc) is 3.80. The van der Waals surface area contributed by atoms with Crippen LogP contribution in [0.2, 0.25) is 0 Å². The normalized spacial score (nSPS) is 26.6. The fourth-order valence-electron chi connectivity index (χ4n) is 8.19. The Kier molecular flexibility index (Phi) is 9.45. The number of alkyl halides is 4. The number of halogens is 4. The maximum absolute atomic E-state index is 16.0. The number of rotatable bonds is 8. The van der Waals surface area contributed by atoms with Crippen molar-refractivity contribution in [3.63, 3.8) is 0 Å². The van der Waals surface area contributed by atoms with Crippen molar-refractivity contribution in [3.8, 4) is 5.75 Å². The zero-order chi connectivity index (χ0) is 32.6. The fourth-order valence-corrected chi connectivity index (χ4v) is 8.19. The van der Waals surface area contributed by atoms with Gasteiger partial charge in [-0.3, -0.25) is 19.8 Å². The Morgan fingerprint density at radius 2 is 1.65 bits per heavy atom. The summed E-state index contributed by atoms with van der Waals surface area (Å²) in [7, 11) is 1.61. The van der Waals surface area contributed by atoms with E-state index in [1.54, 1.807) is 16.9 Å². The highest BCUT2D eigenvalue weighted by Crippen LogP contribution is 2.43. The van der Waals surface area contributed by atoms with E-state index in [9.17, 15) is 28.1 Å². The van der Waals surface area contributed by atoms with Gasteiger partial charge in [-0.05, 0) is 61.1 Å². The first kappa shape index (κ1) is 32.5. The van der Waals surface area contributed by atoms with Gasteiger partial charge in [-0.15, -0.1) is 0 Å². The topological polar surface area (TPSA) is 79.2 Å². The number of methoxy groups -OCH3 is 1. The minimum Gasteiger partial charge on any atom is -0.497 e. The van der Waals surface area contributed by atoms with Crippen molar-refractivity contribution >= 4 is 11.6 Å². The molecule has 4 aliphatic rings. The minimum absolute atomic E-state index is 0.0572. The van der Waals surface area contributed by atoms with Crippen molar-refractivity contribution in [2.45, 2.75) is 68.8 Å². The number of anilines is 1. The van der Waals surface area contributed by atoms with Crippen LogP contribution in [0.5, 0.6) is 5.75 Å². The van der Waals surface area contributed by atoms with Crippen molar-refractivity contribution in [2.24, 2.45) is 11.8 Å². The molecule has 0 N–H and O–H groups in total. The summed E-state index contributed by atoms with van der Waals surface area (Å²) in [6, 6.07) is 11.6. The lowest BCUT2D eigenvalue weighted by molar-refractivity contribution is -0.488. The van der Waals surface area contributed by atoms with Crippen molar-refractivity contribution in [3.05, 3.63) is 69.3 Å². The molecule has 0 bridgehead atoms. The van der Waals surface area contributed by atoms with Crippen molar-refractivity contribution in [1.29, 1.82) is 0 Å². The van der Waals surface area contributed by atoms with Crippen molar-refractivity contribution in [2.75, 3.05) is 57.8 Å². The number of carbonyl (C=O) groups is 1. The van der Waals surface area contributed by atoms with Gasteiger partial charge in [-0.2, -0.15) is 13.2 Å². The van der Waals surface area contributed by atoms with Gasteiger partial charge in [-0.25, -0.2) is 4.39 Å².